The number of carbonyl (C=O) groups excluding carboxylic acids is 3. The molecular weight excluding hydrogens is 280 g/mol. The Morgan fingerprint density at radius 2 is 1.86 bits per heavy atom. The van der Waals surface area contributed by atoms with Crippen molar-refractivity contribution in [2.75, 3.05) is 6.54 Å². The van der Waals surface area contributed by atoms with Crippen LogP contribution in [0, 0.1) is 0 Å². The summed E-state index contributed by atoms with van der Waals surface area (Å²) in [5.74, 6) is -1.25. The Morgan fingerprint density at radius 3 is 2.45 bits per heavy atom. The molecule has 0 bridgehead atoms. The highest BCUT2D eigenvalue weighted by Crippen LogP contribution is 2.10. The first kappa shape index (κ1) is 17.4. The highest BCUT2D eigenvalue weighted by molar-refractivity contribution is 6.28. The van der Waals surface area contributed by atoms with Crippen LogP contribution in [0.2, 0.25) is 0 Å². The number of nitrogens with one attached hydrogen (secondary N) is 1. The third-order valence-corrected chi connectivity index (χ3v) is 2.92. The molecule has 0 aliphatic carbocycles. The smallest absolute Gasteiger partial charge is 0.273 e. The molecular formula is C17H20N2O3. The van der Waals surface area contributed by atoms with Crippen molar-refractivity contribution in [1.82, 2.24) is 10.2 Å². The summed E-state index contributed by atoms with van der Waals surface area (Å²) in [4.78, 5) is 36.2. The number of urea groups is 1. The third-order valence-electron chi connectivity index (χ3n) is 2.92. The fraction of sp³-hybridized carbons (Fsp3) is 0.235. The van der Waals surface area contributed by atoms with Crippen LogP contribution in [0.1, 0.15) is 20.3 Å². The fourth-order valence-corrected chi connectivity index (χ4v) is 1.86. The van der Waals surface area contributed by atoms with Crippen LogP contribution in [0.3, 0.4) is 0 Å². The van der Waals surface area contributed by atoms with Crippen LogP contribution < -0.4 is 5.32 Å². The first-order chi connectivity index (χ1) is 10.5. The van der Waals surface area contributed by atoms with Crippen molar-refractivity contribution in [2.45, 2.75) is 20.3 Å². The van der Waals surface area contributed by atoms with E-state index in [-0.39, 0.29) is 12.1 Å². The van der Waals surface area contributed by atoms with Crippen LogP contribution in [-0.2, 0) is 9.59 Å². The Bertz CT molecular complexity index is 595. The maximum absolute atomic E-state index is 12.1. The van der Waals surface area contributed by atoms with Gasteiger partial charge in [-0.3, -0.25) is 19.8 Å². The average Bonchev–Trinajstić information content (AvgIpc) is 2.48. The van der Waals surface area contributed by atoms with Gasteiger partial charge in [-0.05, 0) is 25.0 Å². The molecule has 1 fully saturated rings. The topological polar surface area (TPSA) is 66.5 Å². The van der Waals surface area contributed by atoms with Crippen LogP contribution in [0.5, 0.6) is 0 Å². The van der Waals surface area contributed by atoms with E-state index < -0.39 is 17.8 Å². The van der Waals surface area contributed by atoms with Gasteiger partial charge in [0, 0.05) is 6.54 Å². The fourth-order valence-electron chi connectivity index (χ4n) is 1.86. The standard InChI is InChI=1S/C17H20N2O3/c1-4-7-10-13(9-5-2)11-8-12-14-15(20)18-17(22)19(6-3)16(14)21/h4,7-12H,1,5-6H2,2-3H3,(H,18,20,22). The van der Waals surface area contributed by atoms with Crippen molar-refractivity contribution in [3.05, 3.63) is 60.3 Å². The lowest BCUT2D eigenvalue weighted by atomic mass is 10.1. The number of likely N-dealkylation sites (N-methyl/N-ethyl adjacent to an activating group) is 1. The number of amides is 4. The highest BCUT2D eigenvalue weighted by Gasteiger charge is 2.34. The van der Waals surface area contributed by atoms with Gasteiger partial charge in [0.15, 0.2) is 0 Å². The van der Waals surface area contributed by atoms with Crippen LogP contribution >= 0.6 is 0 Å². The molecule has 5 nitrogen and oxygen atoms in total. The summed E-state index contributed by atoms with van der Waals surface area (Å²) in [7, 11) is 0. The van der Waals surface area contributed by atoms with Gasteiger partial charge in [0.25, 0.3) is 11.8 Å². The second kappa shape index (κ2) is 8.56. The summed E-state index contributed by atoms with van der Waals surface area (Å²) in [6.07, 6.45) is 13.0. The summed E-state index contributed by atoms with van der Waals surface area (Å²) in [6.45, 7) is 7.50. The molecule has 0 unspecified atom stereocenters. The Labute approximate surface area is 130 Å². The molecule has 1 saturated heterocycles. The number of allylic oxidation sites excluding steroid dienone is 8. The molecule has 1 rings (SSSR count). The SMILES string of the molecule is C=CC=CC(C=CC=C1C(=O)NC(=O)N(CC)C1=O)=CCC. The van der Waals surface area contributed by atoms with E-state index in [1.165, 1.54) is 6.08 Å². The second-order valence-electron chi connectivity index (χ2n) is 4.46. The molecule has 1 aliphatic rings. The van der Waals surface area contributed by atoms with E-state index in [0.717, 1.165) is 16.9 Å². The van der Waals surface area contributed by atoms with E-state index in [4.69, 9.17) is 0 Å². The Balaban J connectivity index is 2.97. The van der Waals surface area contributed by atoms with Gasteiger partial charge in [-0.2, -0.15) is 0 Å². The van der Waals surface area contributed by atoms with Crippen LogP contribution in [0.15, 0.2) is 60.3 Å². The van der Waals surface area contributed by atoms with E-state index in [2.05, 4.69) is 11.9 Å². The van der Waals surface area contributed by atoms with Gasteiger partial charge in [0.1, 0.15) is 5.57 Å². The number of nitrogens with zero attached hydrogens (tertiary/aromatic N) is 1. The minimum atomic E-state index is -0.681. The molecule has 0 aromatic carbocycles. The highest BCUT2D eigenvalue weighted by atomic mass is 16.2. The minimum absolute atomic E-state index is 0.0544. The quantitative estimate of drug-likeness (QED) is 0.466. The largest absolute Gasteiger partial charge is 0.331 e. The van der Waals surface area contributed by atoms with Crippen LogP contribution in [0.4, 0.5) is 4.79 Å². The van der Waals surface area contributed by atoms with Crippen molar-refractivity contribution in [1.29, 1.82) is 0 Å². The van der Waals surface area contributed by atoms with Gasteiger partial charge in [-0.15, -0.1) is 0 Å². The molecule has 1 aliphatic heterocycles. The molecule has 0 saturated carbocycles. The van der Waals surface area contributed by atoms with Crippen LogP contribution in [-0.4, -0.2) is 29.3 Å². The lowest BCUT2D eigenvalue weighted by Crippen LogP contribution is -2.53. The lowest BCUT2D eigenvalue weighted by molar-refractivity contribution is -0.130. The number of rotatable bonds is 6. The van der Waals surface area contributed by atoms with Crippen molar-refractivity contribution in [3.8, 4) is 0 Å². The molecule has 116 valence electrons. The third kappa shape index (κ3) is 4.41. The van der Waals surface area contributed by atoms with E-state index in [9.17, 15) is 14.4 Å². The minimum Gasteiger partial charge on any atom is -0.273 e. The van der Waals surface area contributed by atoms with Gasteiger partial charge < -0.3 is 0 Å². The van der Waals surface area contributed by atoms with Crippen molar-refractivity contribution in [3.63, 3.8) is 0 Å². The van der Waals surface area contributed by atoms with Crippen molar-refractivity contribution < 1.29 is 14.4 Å². The Morgan fingerprint density at radius 1 is 1.18 bits per heavy atom. The maximum atomic E-state index is 12.1. The summed E-state index contributed by atoms with van der Waals surface area (Å²) in [6, 6.07) is -0.681. The van der Waals surface area contributed by atoms with Crippen LogP contribution in [0.25, 0.3) is 0 Å². The second-order valence-corrected chi connectivity index (χ2v) is 4.46. The van der Waals surface area contributed by atoms with Gasteiger partial charge in [0.2, 0.25) is 0 Å². The van der Waals surface area contributed by atoms with Gasteiger partial charge >= 0.3 is 6.03 Å². The number of imide groups is 2. The average molecular weight is 300 g/mol. The number of hydrogen-bond donors (Lipinski definition) is 1. The number of barbiturate groups is 1. The predicted molar refractivity (Wildman–Crippen MR) is 85.9 cm³/mol. The first-order valence-electron chi connectivity index (χ1n) is 7.09. The molecule has 1 heterocycles. The van der Waals surface area contributed by atoms with E-state index in [1.807, 2.05) is 19.1 Å². The monoisotopic (exact) mass is 300 g/mol. The first-order valence-corrected chi connectivity index (χ1v) is 7.09. The molecule has 0 atom stereocenters. The molecule has 0 spiro atoms. The zero-order valence-electron chi connectivity index (χ0n) is 12.8. The molecule has 22 heavy (non-hydrogen) atoms. The Hall–Kier alpha value is -2.69. The normalized spacial score (nSPS) is 18.6. The Kier molecular flexibility index (Phi) is 6.76. The van der Waals surface area contributed by atoms with Crippen molar-refractivity contribution >= 4 is 17.8 Å². The van der Waals surface area contributed by atoms with Gasteiger partial charge in [-0.1, -0.05) is 50.0 Å². The lowest BCUT2D eigenvalue weighted by Gasteiger charge is -2.24. The molecule has 0 aromatic rings. The van der Waals surface area contributed by atoms with E-state index in [1.54, 1.807) is 31.2 Å². The summed E-state index contributed by atoms with van der Waals surface area (Å²) in [5, 5.41) is 2.14. The summed E-state index contributed by atoms with van der Waals surface area (Å²) < 4.78 is 0. The molecule has 4 amide bonds. The van der Waals surface area contributed by atoms with Gasteiger partial charge in [0.05, 0.1) is 0 Å². The maximum Gasteiger partial charge on any atom is 0.331 e. The van der Waals surface area contributed by atoms with Gasteiger partial charge in [-0.25, -0.2) is 4.79 Å². The zero-order valence-corrected chi connectivity index (χ0v) is 12.8. The zero-order chi connectivity index (χ0) is 16.5. The predicted octanol–water partition coefficient (Wildman–Crippen LogP) is 2.65. The van der Waals surface area contributed by atoms with E-state index in [0.29, 0.717) is 0 Å². The van der Waals surface area contributed by atoms with Crippen molar-refractivity contribution in [2.24, 2.45) is 0 Å². The number of hydrogen-bond acceptors (Lipinski definition) is 3. The molecule has 5 heteroatoms. The number of carbonyl (C=O) groups is 3. The summed E-state index contributed by atoms with van der Waals surface area (Å²) in [5.41, 5.74) is 0.882. The molecule has 0 radical (unpaired) electrons. The van der Waals surface area contributed by atoms with E-state index >= 15 is 0 Å². The molecule has 1 N–H and O–H groups in total. The molecule has 0 aromatic heterocycles. The summed E-state index contributed by atoms with van der Waals surface area (Å²) >= 11 is 0.